The van der Waals surface area contributed by atoms with Crippen LogP contribution in [0.3, 0.4) is 0 Å². The number of likely N-dealkylation sites (tertiary alicyclic amines) is 1. The number of carbonyl (C=O) groups is 3. The van der Waals surface area contributed by atoms with E-state index in [0.717, 1.165) is 44.6 Å². The number of esters is 1. The van der Waals surface area contributed by atoms with Gasteiger partial charge in [-0.05, 0) is 82.7 Å². The highest BCUT2D eigenvalue weighted by Gasteiger charge is 2.36. The Kier molecular flexibility index (Phi) is 6.06. The van der Waals surface area contributed by atoms with Crippen molar-refractivity contribution in [1.29, 1.82) is 0 Å². The van der Waals surface area contributed by atoms with Crippen LogP contribution in [0.25, 0.3) is 0 Å². The number of piperidine rings is 2. The van der Waals surface area contributed by atoms with Crippen molar-refractivity contribution in [2.45, 2.75) is 70.4 Å². The van der Waals surface area contributed by atoms with Crippen LogP contribution in [0.5, 0.6) is 0 Å². The third kappa shape index (κ3) is 4.92. The lowest BCUT2D eigenvalue weighted by Gasteiger charge is -2.34. The van der Waals surface area contributed by atoms with Gasteiger partial charge < -0.3 is 9.64 Å². The summed E-state index contributed by atoms with van der Waals surface area (Å²) in [6.45, 7) is 8.60. The summed E-state index contributed by atoms with van der Waals surface area (Å²) in [5.74, 6) is -0.0458. The predicted octanol–water partition coefficient (Wildman–Crippen LogP) is 2.38. The monoisotopic (exact) mass is 427 g/mol. The van der Waals surface area contributed by atoms with Gasteiger partial charge in [-0.3, -0.25) is 24.6 Å². The van der Waals surface area contributed by atoms with E-state index in [9.17, 15) is 14.4 Å². The molecule has 2 saturated heterocycles. The van der Waals surface area contributed by atoms with Crippen LogP contribution in [-0.4, -0.2) is 60.5 Å². The van der Waals surface area contributed by atoms with Crippen LogP contribution in [0.15, 0.2) is 18.2 Å². The van der Waals surface area contributed by atoms with Gasteiger partial charge in [-0.15, -0.1) is 0 Å². The number of nitrogens with one attached hydrogen (secondary N) is 1. The minimum Gasteiger partial charge on any atom is -0.459 e. The van der Waals surface area contributed by atoms with Crippen LogP contribution in [0.1, 0.15) is 63.5 Å². The van der Waals surface area contributed by atoms with E-state index >= 15 is 0 Å². The fourth-order valence-corrected chi connectivity index (χ4v) is 5.13. The SMILES string of the molecule is CC(C)(C)OC(=O)CN1CCC(c2cccc3c2CCN3[C@H]2CCC(=O)NC2=O)CC1. The second-order valence-electron chi connectivity index (χ2n) is 9.89. The molecule has 168 valence electrons. The standard InChI is InChI=1S/C24H33N3O4/c1-24(2,3)31-22(29)15-26-12-9-16(10-13-26)17-5-4-6-19-18(17)11-14-27(19)20-7-8-21(28)25-23(20)30/h4-6,16,20H,7-15H2,1-3H3,(H,25,28,30)/t20-/m0/s1. The molecule has 1 aromatic carbocycles. The second-order valence-corrected chi connectivity index (χ2v) is 9.89. The smallest absolute Gasteiger partial charge is 0.320 e. The Labute approximate surface area is 184 Å². The molecule has 31 heavy (non-hydrogen) atoms. The van der Waals surface area contributed by atoms with Gasteiger partial charge in [0, 0.05) is 18.7 Å². The number of nitrogens with zero attached hydrogens (tertiary/aromatic N) is 2. The topological polar surface area (TPSA) is 79.0 Å². The summed E-state index contributed by atoms with van der Waals surface area (Å²) in [5.41, 5.74) is 3.42. The van der Waals surface area contributed by atoms with Crippen molar-refractivity contribution in [1.82, 2.24) is 10.2 Å². The van der Waals surface area contributed by atoms with Gasteiger partial charge >= 0.3 is 5.97 Å². The van der Waals surface area contributed by atoms with E-state index in [2.05, 4.69) is 33.3 Å². The van der Waals surface area contributed by atoms with Crippen LogP contribution in [0, 0.1) is 0 Å². The number of imide groups is 1. The first-order chi connectivity index (χ1) is 14.7. The molecular weight excluding hydrogens is 394 g/mol. The molecule has 7 nitrogen and oxygen atoms in total. The van der Waals surface area contributed by atoms with E-state index in [1.807, 2.05) is 20.8 Å². The Hall–Kier alpha value is -2.41. The number of fused-ring (bicyclic) bond motifs is 1. The van der Waals surface area contributed by atoms with E-state index < -0.39 is 5.60 Å². The first kappa shape index (κ1) is 21.8. The lowest BCUT2D eigenvalue weighted by atomic mass is 9.85. The molecule has 3 aliphatic heterocycles. The van der Waals surface area contributed by atoms with Gasteiger partial charge in [0.25, 0.3) is 0 Å². The number of carbonyl (C=O) groups excluding carboxylic acids is 3. The highest BCUT2D eigenvalue weighted by molar-refractivity contribution is 6.02. The lowest BCUT2D eigenvalue weighted by molar-refractivity contribution is -0.156. The molecule has 0 aliphatic carbocycles. The van der Waals surface area contributed by atoms with Crippen molar-refractivity contribution in [3.05, 3.63) is 29.3 Å². The van der Waals surface area contributed by atoms with E-state index in [4.69, 9.17) is 4.74 Å². The van der Waals surface area contributed by atoms with Gasteiger partial charge in [-0.1, -0.05) is 12.1 Å². The van der Waals surface area contributed by atoms with E-state index in [1.165, 1.54) is 11.1 Å². The van der Waals surface area contributed by atoms with Crippen molar-refractivity contribution in [3.63, 3.8) is 0 Å². The number of ether oxygens (including phenoxy) is 1. The number of benzene rings is 1. The highest BCUT2D eigenvalue weighted by atomic mass is 16.6. The van der Waals surface area contributed by atoms with Gasteiger partial charge in [0.05, 0.1) is 6.54 Å². The van der Waals surface area contributed by atoms with Gasteiger partial charge in [-0.2, -0.15) is 0 Å². The van der Waals surface area contributed by atoms with Crippen molar-refractivity contribution < 1.29 is 19.1 Å². The Morgan fingerprint density at radius 2 is 1.84 bits per heavy atom. The normalized spacial score (nSPS) is 22.9. The van der Waals surface area contributed by atoms with Gasteiger partial charge in [0.2, 0.25) is 11.8 Å². The van der Waals surface area contributed by atoms with E-state index in [-0.39, 0.29) is 23.8 Å². The van der Waals surface area contributed by atoms with Crippen LogP contribution in [-0.2, 0) is 25.5 Å². The van der Waals surface area contributed by atoms with Crippen molar-refractivity contribution in [3.8, 4) is 0 Å². The zero-order chi connectivity index (χ0) is 22.2. The molecule has 0 bridgehead atoms. The average Bonchev–Trinajstić information content (AvgIpc) is 3.11. The van der Waals surface area contributed by atoms with E-state index in [1.54, 1.807) is 0 Å². The molecule has 0 aromatic heterocycles. The van der Waals surface area contributed by atoms with Gasteiger partial charge in [0.1, 0.15) is 11.6 Å². The molecule has 2 amide bonds. The molecule has 0 radical (unpaired) electrons. The summed E-state index contributed by atoms with van der Waals surface area (Å²) < 4.78 is 5.46. The number of hydrogen-bond acceptors (Lipinski definition) is 6. The van der Waals surface area contributed by atoms with Crippen LogP contribution < -0.4 is 10.2 Å². The van der Waals surface area contributed by atoms with E-state index in [0.29, 0.717) is 25.3 Å². The first-order valence-electron chi connectivity index (χ1n) is 11.4. The maximum atomic E-state index is 12.4. The minimum absolute atomic E-state index is 0.161. The zero-order valence-corrected chi connectivity index (χ0v) is 18.8. The Balaban J connectivity index is 1.40. The molecule has 0 spiro atoms. The molecule has 3 aliphatic rings. The number of rotatable bonds is 4. The van der Waals surface area contributed by atoms with Crippen LogP contribution >= 0.6 is 0 Å². The summed E-state index contributed by atoms with van der Waals surface area (Å²) in [6.07, 6.45) is 3.94. The Morgan fingerprint density at radius 1 is 1.10 bits per heavy atom. The molecule has 1 N–H and O–H groups in total. The molecule has 0 saturated carbocycles. The average molecular weight is 428 g/mol. The molecular formula is C24H33N3O4. The number of amides is 2. The fraction of sp³-hybridized carbons (Fsp3) is 0.625. The van der Waals surface area contributed by atoms with Gasteiger partial charge in [-0.25, -0.2) is 0 Å². The fourth-order valence-electron chi connectivity index (χ4n) is 5.13. The molecule has 1 atom stereocenters. The third-order valence-corrected chi connectivity index (χ3v) is 6.49. The summed E-state index contributed by atoms with van der Waals surface area (Å²) in [7, 11) is 0. The van der Waals surface area contributed by atoms with Crippen molar-refractivity contribution in [2.24, 2.45) is 0 Å². The van der Waals surface area contributed by atoms with Crippen molar-refractivity contribution >= 4 is 23.5 Å². The minimum atomic E-state index is -0.450. The number of anilines is 1. The quantitative estimate of drug-likeness (QED) is 0.587. The zero-order valence-electron chi connectivity index (χ0n) is 18.8. The van der Waals surface area contributed by atoms with Crippen LogP contribution in [0.4, 0.5) is 5.69 Å². The molecule has 1 aromatic rings. The summed E-state index contributed by atoms with van der Waals surface area (Å²) >= 11 is 0. The maximum absolute atomic E-state index is 12.4. The summed E-state index contributed by atoms with van der Waals surface area (Å²) in [5, 5.41) is 2.49. The molecule has 4 rings (SSSR count). The maximum Gasteiger partial charge on any atom is 0.320 e. The third-order valence-electron chi connectivity index (χ3n) is 6.49. The number of hydrogen-bond donors (Lipinski definition) is 1. The molecule has 2 fully saturated rings. The predicted molar refractivity (Wildman–Crippen MR) is 118 cm³/mol. The second kappa shape index (κ2) is 8.61. The molecule has 3 heterocycles. The van der Waals surface area contributed by atoms with Crippen molar-refractivity contribution in [2.75, 3.05) is 31.1 Å². The Bertz CT molecular complexity index is 868. The molecule has 7 heteroatoms. The highest BCUT2D eigenvalue weighted by Crippen LogP contribution is 2.39. The Morgan fingerprint density at radius 3 is 2.52 bits per heavy atom. The first-order valence-corrected chi connectivity index (χ1v) is 11.4. The largest absolute Gasteiger partial charge is 0.459 e. The summed E-state index contributed by atoms with van der Waals surface area (Å²) in [6, 6.07) is 6.16. The summed E-state index contributed by atoms with van der Waals surface area (Å²) in [4.78, 5) is 40.4. The molecule has 0 unspecified atom stereocenters. The van der Waals surface area contributed by atoms with Crippen LogP contribution in [0.2, 0.25) is 0 Å². The van der Waals surface area contributed by atoms with Gasteiger partial charge in [0.15, 0.2) is 0 Å². The lowest BCUT2D eigenvalue weighted by Crippen LogP contribution is -2.52.